The van der Waals surface area contributed by atoms with Crippen LogP contribution >= 0.6 is 11.8 Å². The van der Waals surface area contributed by atoms with E-state index in [4.69, 9.17) is 0 Å². The van der Waals surface area contributed by atoms with Crippen LogP contribution in [0, 0.1) is 12.0 Å². The molecule has 1 N–H and O–H groups in total. The summed E-state index contributed by atoms with van der Waals surface area (Å²) < 4.78 is 0. The minimum atomic E-state index is 0. The molecule has 1 aromatic rings. The van der Waals surface area contributed by atoms with Crippen molar-refractivity contribution in [3.8, 4) is 0 Å². The summed E-state index contributed by atoms with van der Waals surface area (Å²) in [5, 5.41) is 4.82. The molecule has 1 aliphatic heterocycles. The number of nitrogens with zero attached hydrogens (tertiary/aromatic N) is 1. The van der Waals surface area contributed by atoms with E-state index in [1.165, 1.54) is 37.0 Å². The van der Waals surface area contributed by atoms with Crippen molar-refractivity contribution in [2.24, 2.45) is 10.9 Å². The maximum Gasteiger partial charge on any atom is 0.156 e. The first-order chi connectivity index (χ1) is 8.85. The van der Waals surface area contributed by atoms with E-state index in [1.54, 1.807) is 0 Å². The van der Waals surface area contributed by atoms with E-state index in [0.717, 1.165) is 11.1 Å². The molecule has 4 heteroatoms. The maximum absolute atomic E-state index is 4.37. The topological polar surface area (TPSA) is 24.4 Å². The molecule has 2 fully saturated rings. The van der Waals surface area contributed by atoms with E-state index in [9.17, 15) is 0 Å². The van der Waals surface area contributed by atoms with Crippen LogP contribution in [0.25, 0.3) is 0 Å². The van der Waals surface area contributed by atoms with Crippen LogP contribution in [0.5, 0.6) is 0 Å². The zero-order chi connectivity index (χ0) is 12.4. The first-order valence-corrected chi connectivity index (χ1v) is 7.68. The minimum absolute atomic E-state index is 0. The van der Waals surface area contributed by atoms with Crippen LogP contribution in [0.1, 0.15) is 31.2 Å². The Bertz CT molecular complexity index is 449. The van der Waals surface area contributed by atoms with Crippen LogP contribution in [-0.2, 0) is 38.2 Å². The van der Waals surface area contributed by atoms with Gasteiger partial charge in [-0.15, -0.1) is 5.56 Å². The van der Waals surface area contributed by atoms with Crippen molar-refractivity contribution in [1.82, 2.24) is 5.32 Å². The van der Waals surface area contributed by atoms with Gasteiger partial charge in [-0.25, -0.2) is 0 Å². The predicted molar refractivity (Wildman–Crippen MR) is 77.9 cm³/mol. The van der Waals surface area contributed by atoms with Crippen LogP contribution in [0.4, 0.5) is 0 Å². The fourth-order valence-electron chi connectivity index (χ4n) is 3.29. The minimum Gasteiger partial charge on any atom is -0.366 e. The van der Waals surface area contributed by atoms with Crippen LogP contribution in [0.15, 0.2) is 29.3 Å². The molecule has 2 unspecified atom stereocenters. The summed E-state index contributed by atoms with van der Waals surface area (Å²) in [6.07, 6.45) is 5.21. The number of aliphatic imine (C=N–C) groups is 1. The fraction of sp³-hybridized carbons (Fsp3) is 0.533. The Morgan fingerprint density at radius 3 is 3.11 bits per heavy atom. The number of amidine groups is 1. The van der Waals surface area contributed by atoms with Gasteiger partial charge in [-0.3, -0.25) is 4.99 Å². The van der Waals surface area contributed by atoms with Gasteiger partial charge in [-0.05, 0) is 18.8 Å². The van der Waals surface area contributed by atoms with Gasteiger partial charge in [-0.2, -0.15) is 30.3 Å². The summed E-state index contributed by atoms with van der Waals surface area (Å²) in [4.78, 5) is 4.37. The van der Waals surface area contributed by atoms with E-state index in [0.29, 0.717) is 0 Å². The molecule has 2 aliphatic rings. The molecule has 1 saturated carbocycles. The average molecular weight is 348 g/mol. The third kappa shape index (κ3) is 2.93. The molecule has 0 aromatic heterocycles. The number of thioether (sulfide) groups is 1. The van der Waals surface area contributed by atoms with Gasteiger partial charge < -0.3 is 5.32 Å². The second-order valence-corrected chi connectivity index (χ2v) is 6.18. The molecule has 19 heavy (non-hydrogen) atoms. The van der Waals surface area contributed by atoms with Crippen molar-refractivity contribution < 1.29 is 32.7 Å². The van der Waals surface area contributed by atoms with Gasteiger partial charge in [0.2, 0.25) is 0 Å². The predicted octanol–water partition coefficient (Wildman–Crippen LogP) is 3.19. The Morgan fingerprint density at radius 1 is 1.47 bits per heavy atom. The fourth-order valence-corrected chi connectivity index (χ4v) is 4.48. The number of rotatable bonds is 1. The van der Waals surface area contributed by atoms with Gasteiger partial charge >= 0.3 is 0 Å². The monoisotopic (exact) mass is 348 g/mol. The van der Waals surface area contributed by atoms with Crippen molar-refractivity contribution >= 4 is 16.9 Å². The van der Waals surface area contributed by atoms with Gasteiger partial charge in [0.15, 0.2) is 5.17 Å². The first-order valence-electron chi connectivity index (χ1n) is 6.69. The molecule has 1 saturated heterocycles. The molecule has 1 radical (unpaired) electrons. The summed E-state index contributed by atoms with van der Waals surface area (Å²) in [6, 6.07) is 11.7. The average Bonchev–Trinajstić information content (AvgIpc) is 2.47. The number of hydrogen-bond acceptors (Lipinski definition) is 2. The van der Waals surface area contributed by atoms with E-state index in [2.05, 4.69) is 34.6 Å². The molecular weight excluding hydrogens is 329 g/mol. The number of fused-ring (bicyclic) bond motifs is 1. The van der Waals surface area contributed by atoms with Gasteiger partial charge in [0, 0.05) is 51.0 Å². The Kier molecular flexibility index (Phi) is 5.50. The SMILES string of the molecule is CN=C1NC2(c3c[c-]ccc3)CCCCC2CS1.[Y]. The van der Waals surface area contributed by atoms with E-state index in [1.807, 2.05) is 24.9 Å². The summed E-state index contributed by atoms with van der Waals surface area (Å²) in [5.74, 6) is 1.91. The van der Waals surface area contributed by atoms with Gasteiger partial charge in [-0.1, -0.05) is 24.6 Å². The van der Waals surface area contributed by atoms with Crippen molar-refractivity contribution in [3.05, 3.63) is 35.9 Å². The summed E-state index contributed by atoms with van der Waals surface area (Å²) >= 11 is 1.87. The third-order valence-electron chi connectivity index (χ3n) is 4.25. The zero-order valence-corrected chi connectivity index (χ0v) is 15.0. The van der Waals surface area contributed by atoms with Gasteiger partial charge in [0.05, 0.1) is 0 Å². The smallest absolute Gasteiger partial charge is 0.156 e. The Hall–Kier alpha value is 0.144. The van der Waals surface area contributed by atoms with Crippen LogP contribution < -0.4 is 5.32 Å². The zero-order valence-electron chi connectivity index (χ0n) is 11.4. The Labute approximate surface area is 145 Å². The second-order valence-electron chi connectivity index (χ2n) is 5.17. The molecule has 1 heterocycles. The van der Waals surface area contributed by atoms with Crippen LogP contribution in [0.2, 0.25) is 0 Å². The Morgan fingerprint density at radius 2 is 2.37 bits per heavy atom. The maximum atomic E-state index is 4.37. The summed E-state index contributed by atoms with van der Waals surface area (Å²) in [5.41, 5.74) is 1.49. The molecule has 0 bridgehead atoms. The molecule has 0 amide bonds. The molecule has 2 nitrogen and oxygen atoms in total. The molecule has 1 aliphatic carbocycles. The normalized spacial score (nSPS) is 32.1. The number of nitrogens with one attached hydrogen (secondary N) is 1. The molecule has 2 atom stereocenters. The number of benzene rings is 1. The van der Waals surface area contributed by atoms with Crippen molar-refractivity contribution in [2.45, 2.75) is 31.2 Å². The summed E-state index contributed by atoms with van der Waals surface area (Å²) in [6.45, 7) is 0. The van der Waals surface area contributed by atoms with E-state index in [-0.39, 0.29) is 38.2 Å². The second kappa shape index (κ2) is 6.73. The van der Waals surface area contributed by atoms with Gasteiger partial charge in [0.1, 0.15) is 0 Å². The molecular formula is C15H19N2SY-. The largest absolute Gasteiger partial charge is 0.366 e. The van der Waals surface area contributed by atoms with Crippen LogP contribution in [0.3, 0.4) is 0 Å². The number of hydrogen-bond donors (Lipinski definition) is 1. The van der Waals surface area contributed by atoms with Gasteiger partial charge in [0.25, 0.3) is 0 Å². The standard InChI is InChI=1S/C15H19N2S.Y/c1-16-14-17-15(12-7-3-2-4-8-12)10-6-5-9-13(15)11-18-14;/h2-3,7-8,13H,5-6,9-11H2,1H3,(H,16,17);/q-1;. The summed E-state index contributed by atoms with van der Waals surface area (Å²) in [7, 11) is 1.88. The Balaban J connectivity index is 0.00000133. The first kappa shape index (κ1) is 15.5. The molecule has 3 rings (SSSR count). The third-order valence-corrected chi connectivity index (χ3v) is 5.37. The molecule has 0 spiro atoms. The van der Waals surface area contributed by atoms with E-state index < -0.39 is 0 Å². The van der Waals surface area contributed by atoms with E-state index >= 15 is 0 Å². The van der Waals surface area contributed by atoms with Crippen molar-refractivity contribution in [2.75, 3.05) is 12.8 Å². The van der Waals surface area contributed by atoms with Crippen LogP contribution in [-0.4, -0.2) is 18.0 Å². The van der Waals surface area contributed by atoms with Crippen molar-refractivity contribution in [3.63, 3.8) is 0 Å². The molecule has 99 valence electrons. The van der Waals surface area contributed by atoms with Crippen molar-refractivity contribution in [1.29, 1.82) is 0 Å². The molecule has 1 aromatic carbocycles. The quantitative estimate of drug-likeness (QED) is 0.789.